The quantitative estimate of drug-likeness (QED) is 0.919. The third kappa shape index (κ3) is 2.63. The monoisotopic (exact) mass is 260 g/mol. The molecular weight excluding hydrogens is 240 g/mol. The second kappa shape index (κ2) is 5.05. The van der Waals surface area contributed by atoms with Crippen LogP contribution in [0.4, 0.5) is 0 Å². The zero-order valence-electron chi connectivity index (χ0n) is 11.8. The molecule has 0 aliphatic heterocycles. The third-order valence-corrected chi connectivity index (χ3v) is 3.21. The first kappa shape index (κ1) is 13.6. The van der Waals surface area contributed by atoms with Crippen molar-refractivity contribution in [3.63, 3.8) is 0 Å². The highest BCUT2D eigenvalue weighted by Crippen LogP contribution is 2.26. The van der Waals surface area contributed by atoms with Gasteiger partial charge in [-0.2, -0.15) is 0 Å². The van der Waals surface area contributed by atoms with Gasteiger partial charge in [-0.25, -0.2) is 4.79 Å². The first-order valence-electron chi connectivity index (χ1n) is 6.41. The number of aromatic carboxylic acids is 1. The Balaban J connectivity index is 2.64. The molecule has 0 unspecified atom stereocenters. The number of fused-ring (bicyclic) bond motifs is 1. The molecule has 2 aromatic rings. The van der Waals surface area contributed by atoms with E-state index in [4.69, 9.17) is 5.11 Å². The van der Waals surface area contributed by atoms with Gasteiger partial charge in [-0.15, -0.1) is 0 Å². The van der Waals surface area contributed by atoms with E-state index in [1.807, 2.05) is 20.2 Å². The number of benzene rings is 1. The molecule has 1 aromatic carbocycles. The first-order chi connectivity index (χ1) is 8.90. The number of carboxylic acid groups (broad SMARTS) is 1. The van der Waals surface area contributed by atoms with Crippen LogP contribution in [0.25, 0.3) is 10.9 Å². The molecule has 1 heterocycles. The van der Waals surface area contributed by atoms with Crippen molar-refractivity contribution < 1.29 is 9.90 Å². The molecule has 102 valence electrons. The zero-order valence-corrected chi connectivity index (χ0v) is 11.8. The highest BCUT2D eigenvalue weighted by Gasteiger charge is 2.13. The Hall–Kier alpha value is -1.81. The Bertz CT molecular complexity index is 612. The fourth-order valence-electron chi connectivity index (χ4n) is 2.35. The summed E-state index contributed by atoms with van der Waals surface area (Å²) in [6, 6.07) is 5.66. The maximum absolute atomic E-state index is 11.1. The second-order valence-corrected chi connectivity index (χ2v) is 5.43. The van der Waals surface area contributed by atoms with E-state index in [1.165, 1.54) is 5.56 Å². The molecule has 0 aliphatic carbocycles. The van der Waals surface area contributed by atoms with Gasteiger partial charge in [0.15, 0.2) is 0 Å². The van der Waals surface area contributed by atoms with Gasteiger partial charge in [0.1, 0.15) is 0 Å². The summed E-state index contributed by atoms with van der Waals surface area (Å²) >= 11 is 0. The van der Waals surface area contributed by atoms with Crippen LogP contribution in [-0.4, -0.2) is 34.6 Å². The average molecular weight is 260 g/mol. The fourth-order valence-corrected chi connectivity index (χ4v) is 2.35. The predicted molar refractivity (Wildman–Crippen MR) is 76.7 cm³/mol. The van der Waals surface area contributed by atoms with Crippen molar-refractivity contribution >= 4 is 16.9 Å². The van der Waals surface area contributed by atoms with Crippen molar-refractivity contribution in [1.82, 2.24) is 9.47 Å². The van der Waals surface area contributed by atoms with Crippen LogP contribution in [0.15, 0.2) is 24.4 Å². The van der Waals surface area contributed by atoms with E-state index in [0.717, 1.165) is 17.4 Å². The van der Waals surface area contributed by atoms with Gasteiger partial charge in [-0.05, 0) is 45.6 Å². The lowest BCUT2D eigenvalue weighted by molar-refractivity contribution is 0.0697. The maximum Gasteiger partial charge on any atom is 0.335 e. The predicted octanol–water partition coefficient (Wildman–Crippen LogP) is 2.98. The summed E-state index contributed by atoms with van der Waals surface area (Å²) in [7, 11) is 4.06. The molecule has 1 N–H and O–H groups in total. The van der Waals surface area contributed by atoms with Gasteiger partial charge in [0.05, 0.1) is 5.56 Å². The van der Waals surface area contributed by atoms with Gasteiger partial charge >= 0.3 is 5.97 Å². The molecular formula is C15H20N2O2. The Morgan fingerprint density at radius 2 is 2.05 bits per heavy atom. The van der Waals surface area contributed by atoms with E-state index in [9.17, 15) is 4.79 Å². The molecule has 0 amide bonds. The summed E-state index contributed by atoms with van der Waals surface area (Å²) in [6.45, 7) is 5.06. The van der Waals surface area contributed by atoms with Crippen molar-refractivity contribution in [2.45, 2.75) is 26.4 Å². The number of rotatable bonds is 4. The molecule has 0 saturated heterocycles. The lowest BCUT2D eigenvalue weighted by Crippen LogP contribution is -2.10. The van der Waals surface area contributed by atoms with Gasteiger partial charge in [-0.1, -0.05) is 6.07 Å². The van der Waals surface area contributed by atoms with E-state index < -0.39 is 5.97 Å². The third-order valence-electron chi connectivity index (χ3n) is 3.21. The summed E-state index contributed by atoms with van der Waals surface area (Å²) in [5, 5.41) is 10.2. The molecule has 0 fully saturated rings. The maximum atomic E-state index is 11.1. The SMILES string of the molecule is CC(C)n1cc(CN(C)C)c2ccc(C(=O)O)cc21. The molecule has 2 rings (SSSR count). The number of carbonyl (C=O) groups is 1. The Morgan fingerprint density at radius 3 is 2.58 bits per heavy atom. The van der Waals surface area contributed by atoms with Crippen molar-refractivity contribution in [2.24, 2.45) is 0 Å². The molecule has 0 spiro atoms. The van der Waals surface area contributed by atoms with Crippen molar-refractivity contribution in [1.29, 1.82) is 0 Å². The summed E-state index contributed by atoms with van der Waals surface area (Å²) in [4.78, 5) is 13.2. The normalized spacial score (nSPS) is 11.7. The summed E-state index contributed by atoms with van der Waals surface area (Å²) in [5.41, 5.74) is 2.56. The standard InChI is InChI=1S/C15H20N2O2/c1-10(2)17-9-12(8-16(3)4)13-6-5-11(15(18)19)7-14(13)17/h5-7,9-10H,8H2,1-4H3,(H,18,19). The Morgan fingerprint density at radius 1 is 1.37 bits per heavy atom. The largest absolute Gasteiger partial charge is 0.478 e. The lowest BCUT2D eigenvalue weighted by Gasteiger charge is -2.09. The molecule has 4 heteroatoms. The van der Waals surface area contributed by atoms with Crippen molar-refractivity contribution in [3.05, 3.63) is 35.5 Å². The van der Waals surface area contributed by atoms with Crippen LogP contribution in [0.1, 0.15) is 35.8 Å². The van der Waals surface area contributed by atoms with Crippen LogP contribution < -0.4 is 0 Å². The van der Waals surface area contributed by atoms with Crippen LogP contribution in [0, 0.1) is 0 Å². The summed E-state index contributed by atoms with van der Waals surface area (Å²) in [5.74, 6) is -0.882. The fraction of sp³-hybridized carbons (Fsp3) is 0.400. The number of hydrogen-bond donors (Lipinski definition) is 1. The topological polar surface area (TPSA) is 45.5 Å². The Kier molecular flexibility index (Phi) is 3.62. The number of hydrogen-bond acceptors (Lipinski definition) is 2. The second-order valence-electron chi connectivity index (χ2n) is 5.43. The van der Waals surface area contributed by atoms with Crippen LogP contribution in [0.5, 0.6) is 0 Å². The molecule has 0 aliphatic rings. The average Bonchev–Trinajstić information content (AvgIpc) is 2.66. The van der Waals surface area contributed by atoms with Crippen molar-refractivity contribution in [2.75, 3.05) is 14.1 Å². The van der Waals surface area contributed by atoms with E-state index >= 15 is 0 Å². The minimum Gasteiger partial charge on any atom is -0.478 e. The molecule has 1 aromatic heterocycles. The molecule has 0 bridgehead atoms. The van der Waals surface area contributed by atoms with E-state index in [0.29, 0.717) is 11.6 Å². The first-order valence-corrected chi connectivity index (χ1v) is 6.41. The molecule has 0 atom stereocenters. The van der Waals surface area contributed by atoms with Gasteiger partial charge < -0.3 is 14.6 Å². The van der Waals surface area contributed by atoms with Crippen LogP contribution in [-0.2, 0) is 6.54 Å². The highest BCUT2D eigenvalue weighted by molar-refractivity contribution is 5.94. The van der Waals surface area contributed by atoms with E-state index in [-0.39, 0.29) is 0 Å². The summed E-state index contributed by atoms with van der Waals surface area (Å²) in [6.07, 6.45) is 2.13. The van der Waals surface area contributed by atoms with Gasteiger partial charge in [0, 0.05) is 29.7 Å². The lowest BCUT2D eigenvalue weighted by atomic mass is 10.1. The van der Waals surface area contributed by atoms with Gasteiger partial charge in [0.25, 0.3) is 0 Å². The molecule has 19 heavy (non-hydrogen) atoms. The van der Waals surface area contributed by atoms with Crippen LogP contribution in [0.3, 0.4) is 0 Å². The number of carboxylic acids is 1. The van der Waals surface area contributed by atoms with Gasteiger partial charge in [0.2, 0.25) is 0 Å². The molecule has 0 saturated carbocycles. The smallest absolute Gasteiger partial charge is 0.335 e. The number of nitrogens with zero attached hydrogens (tertiary/aromatic N) is 2. The van der Waals surface area contributed by atoms with Crippen LogP contribution >= 0.6 is 0 Å². The van der Waals surface area contributed by atoms with Crippen molar-refractivity contribution in [3.8, 4) is 0 Å². The summed E-state index contributed by atoms with van der Waals surface area (Å²) < 4.78 is 2.14. The van der Waals surface area contributed by atoms with E-state index in [1.54, 1.807) is 12.1 Å². The van der Waals surface area contributed by atoms with Crippen LogP contribution in [0.2, 0.25) is 0 Å². The van der Waals surface area contributed by atoms with Gasteiger partial charge in [-0.3, -0.25) is 0 Å². The highest BCUT2D eigenvalue weighted by atomic mass is 16.4. The zero-order chi connectivity index (χ0) is 14.2. The molecule has 0 radical (unpaired) electrons. The minimum absolute atomic E-state index is 0.308. The Labute approximate surface area is 113 Å². The number of aromatic nitrogens is 1. The van der Waals surface area contributed by atoms with E-state index in [2.05, 4.69) is 29.5 Å². The minimum atomic E-state index is -0.882. The molecule has 4 nitrogen and oxygen atoms in total.